The Labute approximate surface area is 206 Å². The molecular formula is C28H34N4O3. The molecule has 1 amide bonds. The average Bonchev–Trinajstić information content (AvgIpc) is 2.86. The van der Waals surface area contributed by atoms with E-state index in [0.717, 1.165) is 36.2 Å². The maximum absolute atomic E-state index is 12.7. The summed E-state index contributed by atoms with van der Waals surface area (Å²) in [7, 11) is 0. The highest BCUT2D eigenvalue weighted by atomic mass is 16.6. The van der Waals surface area contributed by atoms with Gasteiger partial charge in [-0.25, -0.2) is 0 Å². The Hall–Kier alpha value is -3.09. The minimum Gasteiger partial charge on any atom is -0.376 e. The van der Waals surface area contributed by atoms with E-state index in [9.17, 15) is 14.9 Å². The number of hydrogen-bond acceptors (Lipinski definition) is 5. The Morgan fingerprint density at radius 1 is 0.914 bits per heavy atom. The molecule has 7 rings (SSSR count). The molecule has 0 aromatic heterocycles. The minimum absolute atomic E-state index is 0.156. The molecule has 0 atom stereocenters. The van der Waals surface area contributed by atoms with E-state index in [1.54, 1.807) is 6.07 Å². The SMILES string of the molecule is O=C(Cc1ccccc1)N1CCN(c2ccc([N+](=O)[O-])c(NC3C4CC5CC(C4)CC3C5)c2)CC1. The quantitative estimate of drug-likeness (QED) is 0.484. The van der Waals surface area contributed by atoms with Gasteiger partial charge in [0.2, 0.25) is 5.91 Å². The molecule has 4 aliphatic carbocycles. The Kier molecular flexibility index (Phi) is 5.86. The highest BCUT2D eigenvalue weighted by molar-refractivity contribution is 5.79. The first-order chi connectivity index (χ1) is 17.0. The lowest BCUT2D eigenvalue weighted by molar-refractivity contribution is -0.384. The van der Waals surface area contributed by atoms with Crippen LogP contribution in [0.1, 0.15) is 37.7 Å². The van der Waals surface area contributed by atoms with Gasteiger partial charge in [-0.05, 0) is 73.5 Å². The average molecular weight is 475 g/mol. The van der Waals surface area contributed by atoms with Crippen molar-refractivity contribution in [3.63, 3.8) is 0 Å². The van der Waals surface area contributed by atoms with Gasteiger partial charge >= 0.3 is 0 Å². The molecule has 0 radical (unpaired) electrons. The van der Waals surface area contributed by atoms with Gasteiger partial charge < -0.3 is 15.1 Å². The van der Waals surface area contributed by atoms with Crippen molar-refractivity contribution in [2.45, 2.75) is 44.6 Å². The maximum atomic E-state index is 12.7. The van der Waals surface area contributed by atoms with Crippen molar-refractivity contribution < 1.29 is 9.72 Å². The molecule has 1 heterocycles. The van der Waals surface area contributed by atoms with E-state index >= 15 is 0 Å². The second-order valence-electron chi connectivity index (χ2n) is 11.1. The fraction of sp³-hybridized carbons (Fsp3) is 0.536. The summed E-state index contributed by atoms with van der Waals surface area (Å²) < 4.78 is 0. The number of amides is 1. The number of piperazine rings is 1. The Balaban J connectivity index is 1.14. The number of nitro benzene ring substituents is 1. The summed E-state index contributed by atoms with van der Waals surface area (Å²) >= 11 is 0. The molecule has 5 aliphatic rings. The van der Waals surface area contributed by atoms with Gasteiger partial charge in [-0.2, -0.15) is 0 Å². The second kappa shape index (κ2) is 9.17. The van der Waals surface area contributed by atoms with E-state index in [2.05, 4.69) is 10.2 Å². The molecule has 1 aliphatic heterocycles. The van der Waals surface area contributed by atoms with E-state index < -0.39 is 0 Å². The number of carbonyl (C=O) groups is 1. The number of nitrogens with one attached hydrogen (secondary N) is 1. The van der Waals surface area contributed by atoms with Crippen molar-refractivity contribution in [2.24, 2.45) is 23.7 Å². The summed E-state index contributed by atoms with van der Waals surface area (Å²) in [6, 6.07) is 15.7. The molecule has 2 aromatic rings. The lowest BCUT2D eigenvalue weighted by Gasteiger charge is -2.54. The van der Waals surface area contributed by atoms with E-state index in [0.29, 0.717) is 43.1 Å². The van der Waals surface area contributed by atoms with Crippen molar-refractivity contribution in [1.29, 1.82) is 0 Å². The van der Waals surface area contributed by atoms with Crippen LogP contribution in [0.15, 0.2) is 48.5 Å². The zero-order chi connectivity index (χ0) is 23.9. The standard InChI is InChI=1S/C28H34N4O3/c33-27(17-19-4-2-1-3-5-19)31-10-8-30(9-11-31)24-6-7-26(32(34)35)25(18-24)29-28-22-13-20-12-21(15-22)16-23(28)14-20/h1-7,18,20-23,28-29H,8-17H2. The molecule has 35 heavy (non-hydrogen) atoms. The Morgan fingerprint density at radius 3 is 2.20 bits per heavy atom. The van der Waals surface area contributed by atoms with Crippen LogP contribution in [0, 0.1) is 33.8 Å². The van der Waals surface area contributed by atoms with Crippen molar-refractivity contribution in [3.05, 3.63) is 64.2 Å². The van der Waals surface area contributed by atoms with Crippen LogP contribution in [0.25, 0.3) is 0 Å². The third-order valence-corrected chi connectivity index (χ3v) is 8.92. The van der Waals surface area contributed by atoms with E-state index in [1.165, 1.54) is 32.1 Å². The number of carbonyl (C=O) groups excluding carboxylic acids is 1. The zero-order valence-corrected chi connectivity index (χ0v) is 20.1. The summed E-state index contributed by atoms with van der Waals surface area (Å²) in [5, 5.41) is 15.5. The highest BCUT2D eigenvalue weighted by Crippen LogP contribution is 2.54. The fourth-order valence-corrected chi connectivity index (χ4v) is 7.43. The second-order valence-corrected chi connectivity index (χ2v) is 11.1. The third-order valence-electron chi connectivity index (χ3n) is 8.92. The monoisotopic (exact) mass is 474 g/mol. The van der Waals surface area contributed by atoms with Gasteiger partial charge in [0.25, 0.3) is 5.69 Å². The van der Waals surface area contributed by atoms with Crippen molar-refractivity contribution in [2.75, 3.05) is 36.4 Å². The largest absolute Gasteiger partial charge is 0.376 e. The molecular weight excluding hydrogens is 440 g/mol. The topological polar surface area (TPSA) is 78.7 Å². The Morgan fingerprint density at radius 2 is 1.57 bits per heavy atom. The summed E-state index contributed by atoms with van der Waals surface area (Å²) in [5.41, 5.74) is 2.86. The number of rotatable bonds is 6. The van der Waals surface area contributed by atoms with Crippen LogP contribution in [-0.4, -0.2) is 48.0 Å². The lowest BCUT2D eigenvalue weighted by Crippen LogP contribution is -2.51. The summed E-state index contributed by atoms with van der Waals surface area (Å²) in [4.78, 5) is 28.5. The van der Waals surface area contributed by atoms with Crippen molar-refractivity contribution >= 4 is 23.0 Å². The number of benzene rings is 2. The number of nitrogens with zero attached hydrogens (tertiary/aromatic N) is 3. The number of hydrogen-bond donors (Lipinski definition) is 1. The van der Waals surface area contributed by atoms with Crippen LogP contribution in [0.5, 0.6) is 0 Å². The first-order valence-electron chi connectivity index (χ1n) is 13.1. The molecule has 0 spiro atoms. The molecule has 0 unspecified atom stereocenters. The molecule has 2 aromatic carbocycles. The molecule has 184 valence electrons. The van der Waals surface area contributed by atoms with Crippen LogP contribution in [0.4, 0.5) is 17.1 Å². The van der Waals surface area contributed by atoms with E-state index in [-0.39, 0.29) is 16.5 Å². The number of anilines is 2. The Bertz CT molecular complexity index is 1070. The highest BCUT2D eigenvalue weighted by Gasteiger charge is 2.48. The lowest BCUT2D eigenvalue weighted by atomic mass is 9.54. The van der Waals surface area contributed by atoms with Crippen LogP contribution < -0.4 is 10.2 Å². The molecule has 1 saturated heterocycles. The molecule has 7 heteroatoms. The fourth-order valence-electron chi connectivity index (χ4n) is 7.43. The van der Waals surface area contributed by atoms with Crippen LogP contribution in [0.3, 0.4) is 0 Å². The molecule has 4 bridgehead atoms. The van der Waals surface area contributed by atoms with Gasteiger partial charge in [0.1, 0.15) is 5.69 Å². The molecule has 4 saturated carbocycles. The van der Waals surface area contributed by atoms with Gasteiger partial charge in [-0.1, -0.05) is 30.3 Å². The smallest absolute Gasteiger partial charge is 0.292 e. The molecule has 7 nitrogen and oxygen atoms in total. The van der Waals surface area contributed by atoms with Gasteiger partial charge in [0, 0.05) is 44.0 Å². The van der Waals surface area contributed by atoms with Crippen LogP contribution in [-0.2, 0) is 11.2 Å². The maximum Gasteiger partial charge on any atom is 0.292 e. The van der Waals surface area contributed by atoms with E-state index in [1.807, 2.05) is 47.4 Å². The predicted octanol–water partition coefficient (Wildman–Crippen LogP) is 4.72. The van der Waals surface area contributed by atoms with Gasteiger partial charge in [0.05, 0.1) is 11.3 Å². The predicted molar refractivity (Wildman–Crippen MR) is 136 cm³/mol. The first kappa shape index (κ1) is 22.4. The first-order valence-corrected chi connectivity index (χ1v) is 13.1. The summed E-state index contributed by atoms with van der Waals surface area (Å²) in [5.74, 6) is 3.20. The number of nitro groups is 1. The molecule has 1 N–H and O–H groups in total. The van der Waals surface area contributed by atoms with Crippen molar-refractivity contribution in [1.82, 2.24) is 4.90 Å². The third kappa shape index (κ3) is 4.48. The minimum atomic E-state index is -0.262. The van der Waals surface area contributed by atoms with Gasteiger partial charge in [-0.3, -0.25) is 14.9 Å². The van der Waals surface area contributed by atoms with Crippen LogP contribution >= 0.6 is 0 Å². The van der Waals surface area contributed by atoms with Gasteiger partial charge in [-0.15, -0.1) is 0 Å². The van der Waals surface area contributed by atoms with E-state index in [4.69, 9.17) is 0 Å². The zero-order valence-electron chi connectivity index (χ0n) is 20.1. The summed E-state index contributed by atoms with van der Waals surface area (Å²) in [6.45, 7) is 2.80. The molecule has 5 fully saturated rings. The summed E-state index contributed by atoms with van der Waals surface area (Å²) in [6.07, 6.45) is 6.93. The van der Waals surface area contributed by atoms with Crippen LogP contribution in [0.2, 0.25) is 0 Å². The van der Waals surface area contributed by atoms with Crippen molar-refractivity contribution in [3.8, 4) is 0 Å². The van der Waals surface area contributed by atoms with Gasteiger partial charge in [0.15, 0.2) is 0 Å². The normalized spacial score (nSPS) is 29.3.